The SMILES string of the molecule is CC(NCc1cccc(OCCCC#N)c1)c1ccc(S(C)(=O)=O)cc1. The molecule has 1 N–H and O–H groups in total. The number of ether oxygens (including phenoxy) is 1. The zero-order valence-corrected chi connectivity index (χ0v) is 15.9. The third kappa shape index (κ3) is 6.17. The second-order valence-electron chi connectivity index (χ2n) is 6.20. The number of nitrogens with one attached hydrogen (secondary N) is 1. The molecule has 0 fully saturated rings. The van der Waals surface area contributed by atoms with Gasteiger partial charge in [0, 0.05) is 25.3 Å². The highest BCUT2D eigenvalue weighted by molar-refractivity contribution is 7.90. The van der Waals surface area contributed by atoms with Gasteiger partial charge in [0.2, 0.25) is 0 Å². The van der Waals surface area contributed by atoms with Crippen LogP contribution in [0.4, 0.5) is 0 Å². The molecule has 0 aliphatic rings. The molecule has 0 saturated carbocycles. The lowest BCUT2D eigenvalue weighted by Crippen LogP contribution is -2.18. The van der Waals surface area contributed by atoms with Gasteiger partial charge in [0.05, 0.1) is 17.6 Å². The zero-order chi connectivity index (χ0) is 19.0. The topological polar surface area (TPSA) is 79.2 Å². The molecule has 5 nitrogen and oxygen atoms in total. The van der Waals surface area contributed by atoms with Crippen LogP contribution in [-0.2, 0) is 16.4 Å². The first-order chi connectivity index (χ1) is 12.4. The van der Waals surface area contributed by atoms with E-state index in [1.165, 1.54) is 6.26 Å². The fourth-order valence-electron chi connectivity index (χ4n) is 2.48. The molecular formula is C20H24N2O3S. The summed E-state index contributed by atoms with van der Waals surface area (Å²) in [5.74, 6) is 0.799. The molecule has 0 aromatic heterocycles. The van der Waals surface area contributed by atoms with Crippen molar-refractivity contribution in [1.29, 1.82) is 5.26 Å². The Morgan fingerprint density at radius 2 is 1.92 bits per heavy atom. The van der Waals surface area contributed by atoms with Crippen LogP contribution >= 0.6 is 0 Å². The monoisotopic (exact) mass is 372 g/mol. The summed E-state index contributed by atoms with van der Waals surface area (Å²) in [6.45, 7) is 3.25. The van der Waals surface area contributed by atoms with Crippen LogP contribution < -0.4 is 10.1 Å². The molecule has 0 saturated heterocycles. The van der Waals surface area contributed by atoms with Crippen LogP contribution in [0.1, 0.15) is 36.9 Å². The second kappa shape index (κ2) is 9.37. The minimum absolute atomic E-state index is 0.0869. The van der Waals surface area contributed by atoms with Crippen LogP contribution in [0.3, 0.4) is 0 Å². The Morgan fingerprint density at radius 1 is 1.19 bits per heavy atom. The molecular weight excluding hydrogens is 348 g/mol. The molecule has 1 unspecified atom stereocenters. The minimum Gasteiger partial charge on any atom is -0.494 e. The number of hydrogen-bond donors (Lipinski definition) is 1. The van der Waals surface area contributed by atoms with E-state index in [4.69, 9.17) is 10.00 Å². The van der Waals surface area contributed by atoms with Gasteiger partial charge in [0.15, 0.2) is 9.84 Å². The van der Waals surface area contributed by atoms with Crippen molar-refractivity contribution in [1.82, 2.24) is 5.32 Å². The Morgan fingerprint density at radius 3 is 2.58 bits per heavy atom. The highest BCUT2D eigenvalue weighted by Gasteiger charge is 2.09. The molecule has 1 atom stereocenters. The third-order valence-corrected chi connectivity index (χ3v) is 5.15. The number of nitrogens with zero attached hydrogens (tertiary/aromatic N) is 1. The largest absolute Gasteiger partial charge is 0.494 e. The van der Waals surface area contributed by atoms with E-state index >= 15 is 0 Å². The lowest BCUT2D eigenvalue weighted by atomic mass is 10.1. The van der Waals surface area contributed by atoms with Crippen molar-refractivity contribution < 1.29 is 13.2 Å². The number of sulfone groups is 1. The summed E-state index contributed by atoms with van der Waals surface area (Å²) in [5.41, 5.74) is 2.13. The quantitative estimate of drug-likeness (QED) is 0.680. The van der Waals surface area contributed by atoms with Crippen molar-refractivity contribution in [3.63, 3.8) is 0 Å². The molecule has 138 valence electrons. The van der Waals surface area contributed by atoms with Gasteiger partial charge in [-0.05, 0) is 48.7 Å². The summed E-state index contributed by atoms with van der Waals surface area (Å²) in [6, 6.07) is 17.0. The van der Waals surface area contributed by atoms with Gasteiger partial charge in [-0.25, -0.2) is 8.42 Å². The number of benzene rings is 2. The van der Waals surface area contributed by atoms with Gasteiger partial charge < -0.3 is 10.1 Å². The molecule has 26 heavy (non-hydrogen) atoms. The second-order valence-corrected chi connectivity index (χ2v) is 8.22. The van der Waals surface area contributed by atoms with Crippen LogP contribution in [0, 0.1) is 11.3 Å². The first-order valence-corrected chi connectivity index (χ1v) is 10.4. The Labute approximate surface area is 155 Å². The molecule has 6 heteroatoms. The number of rotatable bonds is 9. The molecule has 0 bridgehead atoms. The van der Waals surface area contributed by atoms with E-state index < -0.39 is 9.84 Å². The standard InChI is InChI=1S/C20H24N2O3S/c1-16(18-8-10-20(11-9-18)26(2,23)24)22-15-17-6-5-7-19(14-17)25-13-4-3-12-21/h5-11,14,16,22H,3-4,13,15H2,1-2H3. The molecule has 2 aromatic carbocycles. The predicted molar refractivity (Wildman–Crippen MR) is 102 cm³/mol. The summed E-state index contributed by atoms with van der Waals surface area (Å²) in [7, 11) is -3.17. The van der Waals surface area contributed by atoms with Crippen molar-refractivity contribution in [3.8, 4) is 11.8 Å². The highest BCUT2D eigenvalue weighted by Crippen LogP contribution is 2.18. The maximum absolute atomic E-state index is 11.5. The summed E-state index contributed by atoms with van der Waals surface area (Å²) in [5, 5.41) is 12.0. The summed E-state index contributed by atoms with van der Waals surface area (Å²) >= 11 is 0. The van der Waals surface area contributed by atoms with Gasteiger partial charge in [0.25, 0.3) is 0 Å². The van der Waals surface area contributed by atoms with Crippen LogP contribution in [0.5, 0.6) is 5.75 Å². The van der Waals surface area contributed by atoms with Gasteiger partial charge in [0.1, 0.15) is 5.75 Å². The summed E-state index contributed by atoms with van der Waals surface area (Å²) in [6.07, 6.45) is 2.43. The molecule has 0 radical (unpaired) electrons. The number of nitriles is 1. The summed E-state index contributed by atoms with van der Waals surface area (Å²) in [4.78, 5) is 0.328. The zero-order valence-electron chi connectivity index (χ0n) is 15.1. The van der Waals surface area contributed by atoms with Gasteiger partial charge in [-0.3, -0.25) is 0 Å². The number of hydrogen-bond acceptors (Lipinski definition) is 5. The first-order valence-electron chi connectivity index (χ1n) is 8.52. The molecule has 0 aliphatic heterocycles. The van der Waals surface area contributed by atoms with Crippen molar-refractivity contribution in [2.24, 2.45) is 0 Å². The molecule has 0 heterocycles. The molecule has 0 spiro atoms. The average Bonchev–Trinajstić information content (AvgIpc) is 2.63. The number of unbranched alkanes of at least 4 members (excludes halogenated alkanes) is 1. The lowest BCUT2D eigenvalue weighted by molar-refractivity contribution is 0.312. The molecule has 0 aliphatic carbocycles. The lowest BCUT2D eigenvalue weighted by Gasteiger charge is -2.15. The molecule has 2 aromatic rings. The van der Waals surface area contributed by atoms with E-state index in [2.05, 4.69) is 11.4 Å². The van der Waals surface area contributed by atoms with E-state index in [0.717, 1.165) is 23.3 Å². The Hall–Kier alpha value is -2.36. The van der Waals surface area contributed by atoms with Crippen LogP contribution in [0.2, 0.25) is 0 Å². The van der Waals surface area contributed by atoms with Gasteiger partial charge in [-0.2, -0.15) is 5.26 Å². The highest BCUT2D eigenvalue weighted by atomic mass is 32.2. The van der Waals surface area contributed by atoms with Crippen LogP contribution in [-0.4, -0.2) is 21.3 Å². The Kier molecular flexibility index (Phi) is 7.19. The van der Waals surface area contributed by atoms with Crippen molar-refractivity contribution in [3.05, 3.63) is 59.7 Å². The summed E-state index contributed by atoms with van der Waals surface area (Å²) < 4.78 is 28.7. The fourth-order valence-corrected chi connectivity index (χ4v) is 3.11. The third-order valence-electron chi connectivity index (χ3n) is 4.02. The smallest absolute Gasteiger partial charge is 0.175 e. The normalized spacial score (nSPS) is 12.3. The van der Waals surface area contributed by atoms with Gasteiger partial charge >= 0.3 is 0 Å². The van der Waals surface area contributed by atoms with E-state index in [1.807, 2.05) is 43.3 Å². The maximum atomic E-state index is 11.5. The maximum Gasteiger partial charge on any atom is 0.175 e. The predicted octanol–water partition coefficient (Wildman–Crippen LogP) is 3.62. The van der Waals surface area contributed by atoms with E-state index in [0.29, 0.717) is 24.5 Å². The van der Waals surface area contributed by atoms with Crippen molar-refractivity contribution in [2.75, 3.05) is 12.9 Å². The Bertz CT molecular complexity index is 855. The van der Waals surface area contributed by atoms with E-state index in [-0.39, 0.29) is 6.04 Å². The van der Waals surface area contributed by atoms with Gasteiger partial charge in [-0.1, -0.05) is 24.3 Å². The van der Waals surface area contributed by atoms with E-state index in [1.54, 1.807) is 12.1 Å². The molecule has 0 amide bonds. The van der Waals surface area contributed by atoms with Crippen LogP contribution in [0.25, 0.3) is 0 Å². The fraction of sp³-hybridized carbons (Fsp3) is 0.350. The van der Waals surface area contributed by atoms with Crippen molar-refractivity contribution in [2.45, 2.75) is 37.2 Å². The van der Waals surface area contributed by atoms with Crippen LogP contribution in [0.15, 0.2) is 53.4 Å². The van der Waals surface area contributed by atoms with Gasteiger partial charge in [-0.15, -0.1) is 0 Å². The van der Waals surface area contributed by atoms with E-state index in [9.17, 15) is 8.42 Å². The average molecular weight is 372 g/mol. The molecule has 2 rings (SSSR count). The Balaban J connectivity index is 1.90. The first kappa shape index (κ1) is 20.0. The van der Waals surface area contributed by atoms with Crippen molar-refractivity contribution >= 4 is 9.84 Å². The minimum atomic E-state index is -3.17.